The lowest BCUT2D eigenvalue weighted by Crippen LogP contribution is -2.30. The van der Waals surface area contributed by atoms with Crippen LogP contribution in [0.15, 0.2) is 18.2 Å². The average molecular weight is 267 g/mol. The summed E-state index contributed by atoms with van der Waals surface area (Å²) in [4.78, 5) is 11.9. The Morgan fingerprint density at radius 1 is 1.33 bits per heavy atom. The van der Waals surface area contributed by atoms with Gasteiger partial charge in [-0.3, -0.25) is 4.79 Å². The minimum Gasteiger partial charge on any atom is -0.273 e. The molecule has 1 aliphatic rings. The normalized spacial score (nSPS) is 22.5. The molecule has 0 aliphatic carbocycles. The van der Waals surface area contributed by atoms with E-state index in [9.17, 15) is 13.2 Å². The number of benzene rings is 1. The number of carbonyl (C=O) groups excluding carboxylic acids is 1. The van der Waals surface area contributed by atoms with Crippen LogP contribution >= 0.6 is 0 Å². The monoisotopic (exact) mass is 267 g/mol. The molecule has 1 amide bonds. The van der Waals surface area contributed by atoms with Crippen LogP contribution in [0.2, 0.25) is 0 Å². The molecular weight excluding hydrogens is 250 g/mol. The van der Waals surface area contributed by atoms with Gasteiger partial charge in [0.15, 0.2) is 0 Å². The Morgan fingerprint density at radius 3 is 2.50 bits per heavy atom. The standard InChI is InChI=1S/C13H17NO3S/c1-9-4-5-12(10(2)6-9)7-14-13(15)11(3)8-18(14,16)17/h4-6,11H,7-8H2,1-3H3. The van der Waals surface area contributed by atoms with E-state index in [1.807, 2.05) is 32.0 Å². The van der Waals surface area contributed by atoms with Crippen LogP contribution in [0, 0.1) is 19.8 Å². The molecule has 0 radical (unpaired) electrons. The van der Waals surface area contributed by atoms with Gasteiger partial charge in [-0.1, -0.05) is 30.7 Å². The van der Waals surface area contributed by atoms with E-state index in [2.05, 4.69) is 0 Å². The first-order chi connectivity index (χ1) is 8.31. The molecule has 1 aliphatic heterocycles. The van der Waals surface area contributed by atoms with Gasteiger partial charge < -0.3 is 0 Å². The highest BCUT2D eigenvalue weighted by atomic mass is 32.2. The first kappa shape index (κ1) is 13.1. The van der Waals surface area contributed by atoms with Gasteiger partial charge in [0.2, 0.25) is 15.9 Å². The smallest absolute Gasteiger partial charge is 0.240 e. The topological polar surface area (TPSA) is 54.5 Å². The predicted molar refractivity (Wildman–Crippen MR) is 69.4 cm³/mol. The molecule has 0 aromatic heterocycles. The zero-order valence-corrected chi connectivity index (χ0v) is 11.6. The number of sulfonamides is 1. The van der Waals surface area contributed by atoms with Crippen LogP contribution in [0.1, 0.15) is 23.6 Å². The van der Waals surface area contributed by atoms with Crippen LogP contribution in [0.25, 0.3) is 0 Å². The van der Waals surface area contributed by atoms with Crippen molar-refractivity contribution >= 4 is 15.9 Å². The lowest BCUT2D eigenvalue weighted by Gasteiger charge is -2.17. The molecule has 5 heteroatoms. The highest BCUT2D eigenvalue weighted by Crippen LogP contribution is 2.24. The Kier molecular flexibility index (Phi) is 3.19. The molecule has 98 valence electrons. The lowest BCUT2D eigenvalue weighted by molar-refractivity contribution is -0.128. The number of aryl methyl sites for hydroxylation is 2. The molecule has 18 heavy (non-hydrogen) atoms. The molecule has 4 nitrogen and oxygen atoms in total. The van der Waals surface area contributed by atoms with E-state index in [-0.39, 0.29) is 18.2 Å². The van der Waals surface area contributed by atoms with Crippen LogP contribution in [-0.2, 0) is 21.4 Å². The number of carbonyl (C=O) groups is 1. The van der Waals surface area contributed by atoms with E-state index in [4.69, 9.17) is 0 Å². The van der Waals surface area contributed by atoms with Crippen molar-refractivity contribution < 1.29 is 13.2 Å². The predicted octanol–water partition coefficient (Wildman–Crippen LogP) is 1.61. The number of amides is 1. The molecule has 0 bridgehead atoms. The van der Waals surface area contributed by atoms with Crippen molar-refractivity contribution in [2.45, 2.75) is 27.3 Å². The molecule has 0 saturated carbocycles. The van der Waals surface area contributed by atoms with E-state index in [0.29, 0.717) is 0 Å². The Balaban J connectivity index is 2.31. The van der Waals surface area contributed by atoms with Gasteiger partial charge in [0.05, 0.1) is 18.2 Å². The van der Waals surface area contributed by atoms with Gasteiger partial charge in [0.25, 0.3) is 0 Å². The number of hydrogen-bond acceptors (Lipinski definition) is 3. The van der Waals surface area contributed by atoms with Gasteiger partial charge >= 0.3 is 0 Å². The van der Waals surface area contributed by atoms with Gasteiger partial charge in [0, 0.05) is 0 Å². The van der Waals surface area contributed by atoms with Crippen molar-refractivity contribution in [1.29, 1.82) is 0 Å². The van der Waals surface area contributed by atoms with Gasteiger partial charge in [-0.15, -0.1) is 0 Å². The van der Waals surface area contributed by atoms with Gasteiger partial charge in [0.1, 0.15) is 0 Å². The maximum atomic E-state index is 11.9. The fourth-order valence-corrected chi connectivity index (χ4v) is 3.96. The second-order valence-corrected chi connectivity index (χ2v) is 6.89. The molecular formula is C13H17NO3S. The molecule has 1 saturated heterocycles. The van der Waals surface area contributed by atoms with E-state index in [1.165, 1.54) is 0 Å². The molecule has 1 atom stereocenters. The second kappa shape index (κ2) is 4.39. The van der Waals surface area contributed by atoms with Gasteiger partial charge in [-0.25, -0.2) is 12.7 Å². The number of nitrogens with zero attached hydrogens (tertiary/aromatic N) is 1. The van der Waals surface area contributed by atoms with Crippen molar-refractivity contribution in [1.82, 2.24) is 4.31 Å². The number of hydrogen-bond donors (Lipinski definition) is 0. The van der Waals surface area contributed by atoms with E-state index >= 15 is 0 Å². The zero-order chi connectivity index (χ0) is 13.5. The number of rotatable bonds is 2. The summed E-state index contributed by atoms with van der Waals surface area (Å²) in [7, 11) is -3.43. The highest BCUT2D eigenvalue weighted by molar-refractivity contribution is 7.90. The van der Waals surface area contributed by atoms with E-state index in [1.54, 1.807) is 6.92 Å². The minimum atomic E-state index is -3.43. The summed E-state index contributed by atoms with van der Waals surface area (Å²) in [5.74, 6) is -0.799. The summed E-state index contributed by atoms with van der Waals surface area (Å²) in [5, 5.41) is 0. The Labute approximate surface area is 108 Å². The lowest BCUT2D eigenvalue weighted by atomic mass is 10.1. The van der Waals surface area contributed by atoms with Crippen LogP contribution in [0.3, 0.4) is 0 Å². The largest absolute Gasteiger partial charge is 0.273 e. The summed E-state index contributed by atoms with van der Waals surface area (Å²) >= 11 is 0. The average Bonchev–Trinajstić information content (AvgIpc) is 2.44. The third-order valence-electron chi connectivity index (χ3n) is 3.28. The summed E-state index contributed by atoms with van der Waals surface area (Å²) in [6.45, 7) is 5.72. The van der Waals surface area contributed by atoms with Crippen LogP contribution < -0.4 is 0 Å². The Hall–Kier alpha value is -1.36. The molecule has 1 aromatic rings. The molecule has 1 unspecified atom stereocenters. The molecule has 1 heterocycles. The SMILES string of the molecule is Cc1ccc(CN2C(=O)C(C)CS2(=O)=O)c(C)c1. The summed E-state index contributed by atoms with van der Waals surface area (Å²) in [6, 6.07) is 5.81. The van der Waals surface area contributed by atoms with Gasteiger partial charge in [-0.2, -0.15) is 0 Å². The summed E-state index contributed by atoms with van der Waals surface area (Å²) in [6.07, 6.45) is 0. The zero-order valence-electron chi connectivity index (χ0n) is 10.8. The quantitative estimate of drug-likeness (QED) is 0.818. The first-order valence-electron chi connectivity index (χ1n) is 5.91. The van der Waals surface area contributed by atoms with Crippen molar-refractivity contribution in [3.05, 3.63) is 34.9 Å². The summed E-state index contributed by atoms with van der Waals surface area (Å²) in [5.41, 5.74) is 3.02. The summed E-state index contributed by atoms with van der Waals surface area (Å²) < 4.78 is 24.7. The third-order valence-corrected chi connectivity index (χ3v) is 5.18. The Morgan fingerprint density at radius 2 is 2.00 bits per heavy atom. The van der Waals surface area contributed by atoms with Crippen molar-refractivity contribution in [2.75, 3.05) is 5.75 Å². The molecule has 0 N–H and O–H groups in total. The van der Waals surface area contributed by atoms with Crippen LogP contribution in [-0.4, -0.2) is 24.4 Å². The minimum absolute atomic E-state index is 0.0727. The first-order valence-corrected chi connectivity index (χ1v) is 7.52. The maximum absolute atomic E-state index is 11.9. The fraction of sp³-hybridized carbons (Fsp3) is 0.462. The highest BCUT2D eigenvalue weighted by Gasteiger charge is 2.40. The van der Waals surface area contributed by atoms with Crippen molar-refractivity contribution in [2.24, 2.45) is 5.92 Å². The van der Waals surface area contributed by atoms with E-state index in [0.717, 1.165) is 21.0 Å². The molecule has 0 spiro atoms. The Bertz CT molecular complexity index is 592. The van der Waals surface area contributed by atoms with E-state index < -0.39 is 15.9 Å². The van der Waals surface area contributed by atoms with Crippen LogP contribution in [0.4, 0.5) is 0 Å². The van der Waals surface area contributed by atoms with Gasteiger partial charge in [-0.05, 0) is 25.0 Å². The maximum Gasteiger partial charge on any atom is 0.240 e. The second-order valence-electron chi connectivity index (χ2n) is 4.95. The fourth-order valence-electron chi connectivity index (χ4n) is 2.21. The van der Waals surface area contributed by atoms with Crippen molar-refractivity contribution in [3.63, 3.8) is 0 Å². The van der Waals surface area contributed by atoms with Crippen molar-refractivity contribution in [3.8, 4) is 0 Å². The molecule has 2 rings (SSSR count). The molecule has 1 fully saturated rings. The van der Waals surface area contributed by atoms with Crippen LogP contribution in [0.5, 0.6) is 0 Å². The third kappa shape index (κ3) is 2.27. The molecule has 1 aromatic carbocycles.